The summed E-state index contributed by atoms with van der Waals surface area (Å²) in [5, 5.41) is 6.31. The highest BCUT2D eigenvalue weighted by molar-refractivity contribution is 7.99. The Morgan fingerprint density at radius 2 is 2.04 bits per heavy atom. The van der Waals surface area contributed by atoms with Gasteiger partial charge in [-0.3, -0.25) is 9.69 Å². The lowest BCUT2D eigenvalue weighted by Gasteiger charge is -2.27. The number of oxazole rings is 1. The molecule has 2 N–H and O–H groups in total. The average Bonchev–Trinajstić information content (AvgIpc) is 3.12. The fraction of sp³-hybridized carbons (Fsp3) is 0.444. The van der Waals surface area contributed by atoms with E-state index < -0.39 is 0 Å². The second-order valence-corrected chi connectivity index (χ2v) is 6.93. The Balaban J connectivity index is 0.00000243. The van der Waals surface area contributed by atoms with Crippen LogP contribution in [0.1, 0.15) is 5.69 Å². The lowest BCUT2D eigenvalue weighted by Crippen LogP contribution is -2.46. The molecule has 3 rings (SSSR count). The number of hydrogen-bond acceptors (Lipinski definition) is 6. The van der Waals surface area contributed by atoms with E-state index in [2.05, 4.69) is 20.5 Å². The lowest BCUT2D eigenvalue weighted by atomic mass is 10.2. The van der Waals surface area contributed by atoms with Crippen molar-refractivity contribution in [1.29, 1.82) is 0 Å². The maximum absolute atomic E-state index is 11.9. The van der Waals surface area contributed by atoms with E-state index in [1.807, 2.05) is 30.3 Å². The van der Waals surface area contributed by atoms with Crippen LogP contribution in [-0.4, -0.2) is 60.8 Å². The van der Waals surface area contributed by atoms with Crippen molar-refractivity contribution in [2.75, 3.05) is 45.0 Å². The average molecular weight is 397 g/mol. The van der Waals surface area contributed by atoms with Crippen LogP contribution in [0, 0.1) is 0 Å². The predicted molar refractivity (Wildman–Crippen MR) is 108 cm³/mol. The summed E-state index contributed by atoms with van der Waals surface area (Å²) in [6.07, 6.45) is 1.66. The number of hydrogen-bond donors (Lipinski definition) is 2. The summed E-state index contributed by atoms with van der Waals surface area (Å²) >= 11 is 1.55. The number of nitrogens with zero attached hydrogens (tertiary/aromatic N) is 2. The zero-order valence-electron chi connectivity index (χ0n) is 14.6. The van der Waals surface area contributed by atoms with Gasteiger partial charge in [-0.05, 0) is 12.1 Å². The predicted octanol–water partition coefficient (Wildman–Crippen LogP) is 2.02. The minimum Gasteiger partial charge on any atom is -0.444 e. The molecule has 0 radical (unpaired) electrons. The standard InChI is InChI=1S/C18H24N4O2S.ClH/c23-17(20-8-11-22-9-6-19-7-10-22)14-25-13-16-12-24-18(21-16)15-4-2-1-3-5-15;/h1-5,12,19H,6-11,13-14H2,(H,20,23);1H. The molecule has 1 aliphatic rings. The molecular formula is C18H25ClN4O2S. The van der Waals surface area contributed by atoms with Crippen LogP contribution in [0.2, 0.25) is 0 Å². The third-order valence-electron chi connectivity index (χ3n) is 4.02. The van der Waals surface area contributed by atoms with Crippen molar-refractivity contribution in [2.24, 2.45) is 0 Å². The van der Waals surface area contributed by atoms with E-state index in [1.54, 1.807) is 18.0 Å². The molecule has 26 heavy (non-hydrogen) atoms. The maximum atomic E-state index is 11.9. The van der Waals surface area contributed by atoms with Crippen molar-refractivity contribution in [3.05, 3.63) is 42.3 Å². The van der Waals surface area contributed by atoms with Gasteiger partial charge in [0.1, 0.15) is 6.26 Å². The number of benzene rings is 1. The van der Waals surface area contributed by atoms with Gasteiger partial charge < -0.3 is 15.1 Å². The van der Waals surface area contributed by atoms with Crippen LogP contribution >= 0.6 is 24.2 Å². The van der Waals surface area contributed by atoms with Gasteiger partial charge in [0.05, 0.1) is 11.4 Å². The Labute approximate surface area is 164 Å². The van der Waals surface area contributed by atoms with E-state index in [0.29, 0.717) is 23.9 Å². The second-order valence-electron chi connectivity index (χ2n) is 5.94. The molecule has 1 aromatic carbocycles. The fourth-order valence-electron chi connectivity index (χ4n) is 2.67. The van der Waals surface area contributed by atoms with E-state index in [4.69, 9.17) is 4.42 Å². The molecule has 0 atom stereocenters. The molecule has 1 aromatic heterocycles. The van der Waals surface area contributed by atoms with Crippen LogP contribution in [0.25, 0.3) is 11.5 Å². The summed E-state index contributed by atoms with van der Waals surface area (Å²) in [5.41, 5.74) is 1.82. The van der Waals surface area contributed by atoms with Crippen molar-refractivity contribution < 1.29 is 9.21 Å². The van der Waals surface area contributed by atoms with Gasteiger partial charge in [-0.1, -0.05) is 18.2 Å². The molecule has 2 aromatic rings. The molecule has 142 valence electrons. The Morgan fingerprint density at radius 1 is 1.27 bits per heavy atom. The largest absolute Gasteiger partial charge is 0.444 e. The first-order valence-corrected chi connectivity index (χ1v) is 9.74. The first kappa shape index (κ1) is 20.8. The lowest BCUT2D eigenvalue weighted by molar-refractivity contribution is -0.118. The summed E-state index contributed by atoms with van der Waals surface area (Å²) in [6.45, 7) is 5.81. The summed E-state index contributed by atoms with van der Waals surface area (Å²) in [4.78, 5) is 18.7. The number of nitrogens with one attached hydrogen (secondary N) is 2. The number of aromatic nitrogens is 1. The van der Waals surface area contributed by atoms with Crippen molar-refractivity contribution in [1.82, 2.24) is 20.5 Å². The molecule has 8 heteroatoms. The van der Waals surface area contributed by atoms with Crippen LogP contribution in [-0.2, 0) is 10.5 Å². The molecule has 2 heterocycles. The zero-order chi connectivity index (χ0) is 17.3. The molecule has 6 nitrogen and oxygen atoms in total. The van der Waals surface area contributed by atoms with Crippen LogP contribution in [0.3, 0.4) is 0 Å². The summed E-state index contributed by atoms with van der Waals surface area (Å²) < 4.78 is 5.50. The van der Waals surface area contributed by atoms with E-state index in [-0.39, 0.29) is 18.3 Å². The fourth-order valence-corrected chi connectivity index (χ4v) is 3.41. The topological polar surface area (TPSA) is 70.4 Å². The Bertz CT molecular complexity index is 662. The van der Waals surface area contributed by atoms with Gasteiger partial charge in [-0.15, -0.1) is 24.2 Å². The van der Waals surface area contributed by atoms with Crippen LogP contribution in [0.15, 0.2) is 41.0 Å². The van der Waals surface area contributed by atoms with E-state index >= 15 is 0 Å². The van der Waals surface area contributed by atoms with Gasteiger partial charge in [0.2, 0.25) is 11.8 Å². The summed E-state index contributed by atoms with van der Waals surface area (Å²) in [5.74, 6) is 1.81. The summed E-state index contributed by atoms with van der Waals surface area (Å²) in [6, 6.07) is 9.81. The maximum Gasteiger partial charge on any atom is 0.230 e. The third-order valence-corrected chi connectivity index (χ3v) is 4.98. The normalized spacial score (nSPS) is 14.6. The molecule has 0 saturated carbocycles. The number of thioether (sulfide) groups is 1. The van der Waals surface area contributed by atoms with Crippen LogP contribution in [0.5, 0.6) is 0 Å². The number of halogens is 1. The first-order chi connectivity index (χ1) is 12.3. The first-order valence-electron chi connectivity index (χ1n) is 8.58. The van der Waals surface area contributed by atoms with Crippen LogP contribution in [0.4, 0.5) is 0 Å². The number of rotatable bonds is 8. The van der Waals surface area contributed by atoms with Crippen LogP contribution < -0.4 is 10.6 Å². The van der Waals surface area contributed by atoms with E-state index in [1.165, 1.54) is 0 Å². The Kier molecular flexibility index (Phi) is 8.97. The molecule has 0 unspecified atom stereocenters. The molecule has 1 aliphatic heterocycles. The van der Waals surface area contributed by atoms with Crippen molar-refractivity contribution in [3.8, 4) is 11.5 Å². The number of piperazine rings is 1. The molecule has 1 saturated heterocycles. The van der Waals surface area contributed by atoms with Gasteiger partial charge in [0.15, 0.2) is 0 Å². The Hall–Kier alpha value is -1.54. The highest BCUT2D eigenvalue weighted by Gasteiger charge is 2.10. The van der Waals surface area contributed by atoms with Crippen molar-refractivity contribution >= 4 is 30.1 Å². The molecule has 1 fully saturated rings. The van der Waals surface area contributed by atoms with Gasteiger partial charge >= 0.3 is 0 Å². The second kappa shape index (κ2) is 11.2. The highest BCUT2D eigenvalue weighted by Crippen LogP contribution is 2.20. The van der Waals surface area contributed by atoms with Gasteiger partial charge in [-0.25, -0.2) is 4.98 Å². The van der Waals surface area contributed by atoms with Crippen molar-refractivity contribution in [2.45, 2.75) is 5.75 Å². The smallest absolute Gasteiger partial charge is 0.230 e. The van der Waals surface area contributed by atoms with Gasteiger partial charge in [0, 0.05) is 50.6 Å². The number of amides is 1. The number of carbonyl (C=O) groups is 1. The molecule has 0 bridgehead atoms. The number of carbonyl (C=O) groups excluding carboxylic acids is 1. The van der Waals surface area contributed by atoms with Crippen molar-refractivity contribution in [3.63, 3.8) is 0 Å². The molecule has 1 amide bonds. The molecule has 0 aliphatic carbocycles. The highest BCUT2D eigenvalue weighted by atomic mass is 35.5. The van der Waals surface area contributed by atoms with E-state index in [9.17, 15) is 4.79 Å². The quantitative estimate of drug-likeness (QED) is 0.711. The Morgan fingerprint density at radius 3 is 2.81 bits per heavy atom. The molecular weight excluding hydrogens is 372 g/mol. The zero-order valence-corrected chi connectivity index (χ0v) is 16.3. The molecule has 0 spiro atoms. The van der Waals surface area contributed by atoms with Gasteiger partial charge in [0.25, 0.3) is 0 Å². The minimum atomic E-state index is 0. The van der Waals surface area contributed by atoms with E-state index in [0.717, 1.165) is 44.0 Å². The monoisotopic (exact) mass is 396 g/mol. The SMILES string of the molecule is Cl.O=C(CSCc1coc(-c2ccccc2)n1)NCCN1CCNCC1. The third kappa shape index (κ3) is 6.64. The van der Waals surface area contributed by atoms with Gasteiger partial charge in [-0.2, -0.15) is 0 Å². The minimum absolute atomic E-state index is 0. The summed E-state index contributed by atoms with van der Waals surface area (Å²) in [7, 11) is 0.